The molecule has 5 nitrogen and oxygen atoms in total. The van der Waals surface area contributed by atoms with Crippen molar-refractivity contribution in [3.8, 4) is 11.5 Å². The van der Waals surface area contributed by atoms with Gasteiger partial charge < -0.3 is 19.8 Å². The van der Waals surface area contributed by atoms with Gasteiger partial charge in [0.05, 0.1) is 7.11 Å². The molecule has 0 aliphatic carbocycles. The third-order valence-corrected chi connectivity index (χ3v) is 4.45. The van der Waals surface area contributed by atoms with E-state index in [-0.39, 0.29) is 17.4 Å². The molecule has 0 unspecified atom stereocenters. The fourth-order valence-electron chi connectivity index (χ4n) is 3.09. The van der Waals surface area contributed by atoms with Crippen LogP contribution in [0.4, 0.5) is 8.78 Å². The van der Waals surface area contributed by atoms with Crippen LogP contribution in [0, 0.1) is 0 Å². The van der Waals surface area contributed by atoms with Crippen molar-refractivity contribution >= 4 is 22.9 Å². The second-order valence-electron chi connectivity index (χ2n) is 6.34. The van der Waals surface area contributed by atoms with Gasteiger partial charge in [-0.15, -0.1) is 0 Å². The van der Waals surface area contributed by atoms with Gasteiger partial charge >= 0.3 is 6.61 Å². The van der Waals surface area contributed by atoms with Gasteiger partial charge in [-0.05, 0) is 36.6 Å². The van der Waals surface area contributed by atoms with Crippen LogP contribution in [0.3, 0.4) is 0 Å². The smallest absolute Gasteiger partial charge is 0.387 e. The molecule has 0 spiro atoms. The number of para-hydroxylation sites is 2. The average molecular weight is 400 g/mol. The van der Waals surface area contributed by atoms with Gasteiger partial charge in [-0.1, -0.05) is 30.3 Å². The van der Waals surface area contributed by atoms with E-state index in [0.29, 0.717) is 12.1 Å². The Bertz CT molecular complexity index is 999. The van der Waals surface area contributed by atoms with E-state index >= 15 is 0 Å². The SMILES string of the molecule is COc1cccc(/C=C/C(=O)NCCCc2c[nH]c3ccccc23)c1OC(F)F. The zero-order chi connectivity index (χ0) is 20.6. The highest BCUT2D eigenvalue weighted by Gasteiger charge is 2.14. The number of carbonyl (C=O) groups is 1. The Balaban J connectivity index is 1.53. The topological polar surface area (TPSA) is 63.3 Å². The van der Waals surface area contributed by atoms with E-state index in [2.05, 4.69) is 21.1 Å². The highest BCUT2D eigenvalue weighted by molar-refractivity contribution is 5.92. The second kappa shape index (κ2) is 9.73. The molecule has 0 bridgehead atoms. The molecule has 0 saturated heterocycles. The molecule has 0 atom stereocenters. The predicted molar refractivity (Wildman–Crippen MR) is 108 cm³/mol. The Labute approximate surface area is 167 Å². The van der Waals surface area contributed by atoms with E-state index < -0.39 is 6.61 Å². The molecule has 29 heavy (non-hydrogen) atoms. The molecular formula is C22H22F2N2O3. The normalized spacial score (nSPS) is 11.3. The fraction of sp³-hybridized carbons (Fsp3) is 0.227. The molecule has 1 aromatic heterocycles. The van der Waals surface area contributed by atoms with Gasteiger partial charge in [-0.25, -0.2) is 0 Å². The van der Waals surface area contributed by atoms with Crippen molar-refractivity contribution in [1.82, 2.24) is 10.3 Å². The number of benzene rings is 2. The number of methoxy groups -OCH3 is 1. The number of hydrogen-bond donors (Lipinski definition) is 2. The molecule has 0 fully saturated rings. The summed E-state index contributed by atoms with van der Waals surface area (Å²) in [6.45, 7) is -2.49. The monoisotopic (exact) mass is 400 g/mol. The van der Waals surface area contributed by atoms with Crippen LogP contribution >= 0.6 is 0 Å². The fourth-order valence-corrected chi connectivity index (χ4v) is 3.09. The summed E-state index contributed by atoms with van der Waals surface area (Å²) in [6, 6.07) is 12.8. The van der Waals surface area contributed by atoms with E-state index in [0.717, 1.165) is 18.4 Å². The number of halogens is 2. The molecule has 1 heterocycles. The first-order valence-electron chi connectivity index (χ1n) is 9.21. The third kappa shape index (κ3) is 5.34. The number of nitrogens with one attached hydrogen (secondary N) is 2. The Morgan fingerprint density at radius 1 is 1.21 bits per heavy atom. The minimum absolute atomic E-state index is 0.103. The standard InChI is InChI=1S/C22H22F2N2O3/c1-28-19-10-4-6-15(21(19)29-22(23)24)11-12-20(27)25-13-5-7-16-14-26-18-9-3-2-8-17(16)18/h2-4,6,8-12,14,22,26H,5,7,13H2,1H3,(H,25,27)/b12-11+. The van der Waals surface area contributed by atoms with Gasteiger partial charge in [0, 0.05) is 35.3 Å². The molecular weight excluding hydrogens is 378 g/mol. The first-order chi connectivity index (χ1) is 14.1. The van der Waals surface area contributed by atoms with Crippen LogP contribution in [0.25, 0.3) is 17.0 Å². The summed E-state index contributed by atoms with van der Waals surface area (Å²) in [5.41, 5.74) is 2.63. The van der Waals surface area contributed by atoms with Crippen LogP contribution in [0.5, 0.6) is 11.5 Å². The quantitative estimate of drug-likeness (QED) is 0.409. The first kappa shape index (κ1) is 20.4. The number of fused-ring (bicyclic) bond motifs is 1. The average Bonchev–Trinajstić information content (AvgIpc) is 3.13. The summed E-state index contributed by atoms with van der Waals surface area (Å²) in [7, 11) is 1.36. The number of alkyl halides is 2. The molecule has 1 amide bonds. The van der Waals surface area contributed by atoms with Gasteiger partial charge in [0.2, 0.25) is 5.91 Å². The summed E-state index contributed by atoms with van der Waals surface area (Å²) in [5.74, 6) is -0.241. The summed E-state index contributed by atoms with van der Waals surface area (Å²) in [5, 5.41) is 3.98. The van der Waals surface area contributed by atoms with Crippen LogP contribution in [-0.2, 0) is 11.2 Å². The Morgan fingerprint density at radius 3 is 2.83 bits per heavy atom. The maximum atomic E-state index is 12.7. The number of rotatable bonds is 9. The molecule has 0 saturated carbocycles. The summed E-state index contributed by atoms with van der Waals surface area (Å²) in [6.07, 6.45) is 6.31. The van der Waals surface area contributed by atoms with Gasteiger partial charge in [0.1, 0.15) is 0 Å². The second-order valence-corrected chi connectivity index (χ2v) is 6.34. The number of hydrogen-bond acceptors (Lipinski definition) is 3. The zero-order valence-electron chi connectivity index (χ0n) is 16.0. The van der Waals surface area contributed by atoms with Crippen LogP contribution in [0.15, 0.2) is 54.7 Å². The molecule has 3 aromatic rings. The number of aromatic amines is 1. The minimum Gasteiger partial charge on any atom is -0.493 e. The Hall–Kier alpha value is -3.35. The summed E-state index contributed by atoms with van der Waals surface area (Å²) in [4.78, 5) is 15.3. The van der Waals surface area contributed by atoms with Crippen LogP contribution < -0.4 is 14.8 Å². The van der Waals surface area contributed by atoms with Crippen LogP contribution in [0.2, 0.25) is 0 Å². The maximum absolute atomic E-state index is 12.7. The molecule has 7 heteroatoms. The van der Waals surface area contributed by atoms with Crippen molar-refractivity contribution < 1.29 is 23.0 Å². The van der Waals surface area contributed by atoms with Crippen LogP contribution in [-0.4, -0.2) is 31.2 Å². The Kier molecular flexibility index (Phi) is 6.84. The lowest BCUT2D eigenvalue weighted by Gasteiger charge is -2.12. The van der Waals surface area contributed by atoms with E-state index in [9.17, 15) is 13.6 Å². The lowest BCUT2D eigenvalue weighted by atomic mass is 10.1. The molecule has 3 rings (SSSR count). The van der Waals surface area contributed by atoms with Crippen molar-refractivity contribution in [1.29, 1.82) is 0 Å². The van der Waals surface area contributed by atoms with Crippen molar-refractivity contribution in [3.63, 3.8) is 0 Å². The Morgan fingerprint density at radius 2 is 2.03 bits per heavy atom. The maximum Gasteiger partial charge on any atom is 0.387 e. The molecule has 0 aliphatic heterocycles. The molecule has 2 N–H and O–H groups in total. The number of ether oxygens (including phenoxy) is 2. The number of aromatic nitrogens is 1. The van der Waals surface area contributed by atoms with Gasteiger partial charge in [0.25, 0.3) is 0 Å². The lowest BCUT2D eigenvalue weighted by Crippen LogP contribution is -2.22. The molecule has 2 aromatic carbocycles. The van der Waals surface area contributed by atoms with Gasteiger partial charge in [-0.2, -0.15) is 8.78 Å². The summed E-state index contributed by atoms with van der Waals surface area (Å²) < 4.78 is 34.9. The van der Waals surface area contributed by atoms with Crippen LogP contribution in [0.1, 0.15) is 17.5 Å². The predicted octanol–water partition coefficient (Wildman–Crippen LogP) is 4.54. The number of aryl methyl sites for hydroxylation is 1. The third-order valence-electron chi connectivity index (χ3n) is 4.45. The number of amides is 1. The number of carbonyl (C=O) groups excluding carboxylic acids is 1. The first-order valence-corrected chi connectivity index (χ1v) is 9.21. The van der Waals surface area contributed by atoms with E-state index in [1.807, 2.05) is 24.4 Å². The summed E-state index contributed by atoms with van der Waals surface area (Å²) >= 11 is 0. The highest BCUT2D eigenvalue weighted by atomic mass is 19.3. The zero-order valence-corrected chi connectivity index (χ0v) is 16.0. The highest BCUT2D eigenvalue weighted by Crippen LogP contribution is 2.33. The number of H-pyrrole nitrogens is 1. The van der Waals surface area contributed by atoms with E-state index in [1.165, 1.54) is 36.3 Å². The van der Waals surface area contributed by atoms with E-state index in [4.69, 9.17) is 4.74 Å². The minimum atomic E-state index is -2.99. The van der Waals surface area contributed by atoms with Crippen molar-refractivity contribution in [3.05, 3.63) is 65.9 Å². The lowest BCUT2D eigenvalue weighted by molar-refractivity contribution is -0.116. The van der Waals surface area contributed by atoms with Crippen molar-refractivity contribution in [2.75, 3.05) is 13.7 Å². The van der Waals surface area contributed by atoms with Gasteiger partial charge in [0.15, 0.2) is 11.5 Å². The molecule has 0 aliphatic rings. The molecule has 152 valence electrons. The molecule has 0 radical (unpaired) electrons. The largest absolute Gasteiger partial charge is 0.493 e. The van der Waals surface area contributed by atoms with Crippen molar-refractivity contribution in [2.24, 2.45) is 0 Å². The van der Waals surface area contributed by atoms with Gasteiger partial charge in [-0.3, -0.25) is 4.79 Å². The van der Waals surface area contributed by atoms with Crippen molar-refractivity contribution in [2.45, 2.75) is 19.5 Å². The van der Waals surface area contributed by atoms with E-state index in [1.54, 1.807) is 12.1 Å².